The van der Waals surface area contributed by atoms with E-state index in [-0.39, 0.29) is 0 Å². The summed E-state index contributed by atoms with van der Waals surface area (Å²) in [5.74, 6) is 0. The van der Waals surface area contributed by atoms with Crippen LogP contribution in [0.25, 0.3) is 10.9 Å². The minimum atomic E-state index is -4.28. The lowest BCUT2D eigenvalue weighted by molar-refractivity contribution is -0.137. The third kappa shape index (κ3) is 3.25. The molecule has 0 saturated heterocycles. The quantitative estimate of drug-likeness (QED) is 0.495. The van der Waals surface area contributed by atoms with Crippen LogP contribution >= 0.6 is 0 Å². The molecule has 1 unspecified atom stereocenters. The van der Waals surface area contributed by atoms with Crippen LogP contribution in [0.2, 0.25) is 0 Å². The summed E-state index contributed by atoms with van der Waals surface area (Å²) in [7, 11) is 0. The molecule has 2 aliphatic rings. The fourth-order valence-electron chi connectivity index (χ4n) is 5.22. The molecule has 2 nitrogen and oxygen atoms in total. The second-order valence-electron chi connectivity index (χ2n) is 8.46. The first-order valence-electron chi connectivity index (χ1n) is 10.4. The Labute approximate surface area is 168 Å². The van der Waals surface area contributed by atoms with Crippen molar-refractivity contribution in [2.45, 2.75) is 57.9 Å². The van der Waals surface area contributed by atoms with Crippen molar-refractivity contribution in [3.8, 4) is 0 Å². The van der Waals surface area contributed by atoms with Gasteiger partial charge in [0.15, 0.2) is 0 Å². The zero-order valence-electron chi connectivity index (χ0n) is 16.6. The number of nitrogens with zero attached hydrogens (tertiary/aromatic N) is 2. The highest BCUT2D eigenvalue weighted by molar-refractivity contribution is 5.86. The topological polar surface area (TPSA) is 8.17 Å². The van der Waals surface area contributed by atoms with E-state index in [1.807, 2.05) is 0 Å². The Morgan fingerprint density at radius 3 is 2.55 bits per heavy atom. The molecule has 2 aromatic carbocycles. The molecule has 0 fully saturated rings. The van der Waals surface area contributed by atoms with Crippen molar-refractivity contribution in [2.24, 2.45) is 0 Å². The molecule has 0 spiro atoms. The van der Waals surface area contributed by atoms with Crippen LogP contribution in [-0.4, -0.2) is 16.0 Å². The van der Waals surface area contributed by atoms with Gasteiger partial charge in [0.05, 0.1) is 11.6 Å². The van der Waals surface area contributed by atoms with Gasteiger partial charge in [-0.1, -0.05) is 23.8 Å². The summed E-state index contributed by atoms with van der Waals surface area (Å²) in [6.07, 6.45) is 0.170. The van der Waals surface area contributed by atoms with Gasteiger partial charge < -0.3 is 4.57 Å². The SMILES string of the molecule is Cc1ccc2c(c1)c1c3n2CCCN(Cc2ccc(C(F)(F)F)cc2)C3CCC1. The molecule has 0 amide bonds. The summed E-state index contributed by atoms with van der Waals surface area (Å²) in [5, 5.41) is 1.39. The average molecular weight is 398 g/mol. The molecule has 0 radical (unpaired) electrons. The summed E-state index contributed by atoms with van der Waals surface area (Å²) in [5.41, 5.74) is 5.93. The summed E-state index contributed by atoms with van der Waals surface area (Å²) in [4.78, 5) is 2.48. The predicted octanol–water partition coefficient (Wildman–Crippen LogP) is 6.25. The molecular formula is C24H25F3N2. The number of aromatic nitrogens is 1. The molecule has 0 bridgehead atoms. The lowest BCUT2D eigenvalue weighted by atomic mass is 9.90. The number of hydrogen-bond donors (Lipinski definition) is 0. The standard InChI is InChI=1S/C24H25F3N2/c1-16-6-11-21-20(14-16)19-4-2-5-22-23(19)29(21)13-3-12-28(22)15-17-7-9-18(10-8-17)24(25,26)27/h6-11,14,22H,2-5,12-13,15H2,1H3. The van der Waals surface area contributed by atoms with E-state index in [2.05, 4.69) is 34.6 Å². The molecule has 5 rings (SSSR count). The van der Waals surface area contributed by atoms with Crippen molar-refractivity contribution >= 4 is 10.9 Å². The van der Waals surface area contributed by atoms with Gasteiger partial charge in [-0.2, -0.15) is 13.2 Å². The highest BCUT2D eigenvalue weighted by atomic mass is 19.4. The van der Waals surface area contributed by atoms with E-state index < -0.39 is 11.7 Å². The van der Waals surface area contributed by atoms with Gasteiger partial charge in [-0.25, -0.2) is 0 Å². The van der Waals surface area contributed by atoms with Crippen LogP contribution in [0.5, 0.6) is 0 Å². The molecule has 1 atom stereocenters. The van der Waals surface area contributed by atoms with E-state index in [0.717, 1.165) is 44.3 Å². The second-order valence-corrected chi connectivity index (χ2v) is 8.46. The molecule has 1 aliphatic heterocycles. The Kier molecular flexibility index (Phi) is 4.46. The lowest BCUT2D eigenvalue weighted by Gasteiger charge is -2.33. The summed E-state index contributed by atoms with van der Waals surface area (Å²) in [6.45, 7) is 4.82. The molecule has 152 valence electrons. The fraction of sp³-hybridized carbons (Fsp3) is 0.417. The molecule has 0 N–H and O–H groups in total. The van der Waals surface area contributed by atoms with Crippen molar-refractivity contribution in [2.75, 3.05) is 6.54 Å². The van der Waals surface area contributed by atoms with Crippen LogP contribution in [0, 0.1) is 6.92 Å². The van der Waals surface area contributed by atoms with Gasteiger partial charge in [0.1, 0.15) is 0 Å². The zero-order valence-corrected chi connectivity index (χ0v) is 16.6. The minimum absolute atomic E-state index is 0.344. The largest absolute Gasteiger partial charge is 0.416 e. The normalized spacial score (nSPS) is 19.9. The monoisotopic (exact) mass is 398 g/mol. The smallest absolute Gasteiger partial charge is 0.343 e. The highest BCUT2D eigenvalue weighted by Crippen LogP contribution is 2.42. The number of rotatable bonds is 2. The maximum atomic E-state index is 12.9. The average Bonchev–Trinajstić information content (AvgIpc) is 2.88. The Balaban J connectivity index is 1.50. The Morgan fingerprint density at radius 2 is 1.79 bits per heavy atom. The van der Waals surface area contributed by atoms with Gasteiger partial charge in [-0.3, -0.25) is 4.90 Å². The number of halogens is 3. The van der Waals surface area contributed by atoms with Gasteiger partial charge in [0, 0.05) is 36.2 Å². The van der Waals surface area contributed by atoms with Gasteiger partial charge in [0.2, 0.25) is 0 Å². The van der Waals surface area contributed by atoms with Crippen LogP contribution in [-0.2, 0) is 25.7 Å². The van der Waals surface area contributed by atoms with E-state index in [1.54, 1.807) is 12.1 Å². The van der Waals surface area contributed by atoms with E-state index in [0.29, 0.717) is 12.6 Å². The number of benzene rings is 2. The molecule has 1 aromatic heterocycles. The number of aryl methyl sites for hydroxylation is 3. The minimum Gasteiger partial charge on any atom is -0.343 e. The molecule has 5 heteroatoms. The van der Waals surface area contributed by atoms with Gasteiger partial charge in [-0.15, -0.1) is 0 Å². The highest BCUT2D eigenvalue weighted by Gasteiger charge is 2.34. The third-order valence-corrected chi connectivity index (χ3v) is 6.52. The summed E-state index contributed by atoms with van der Waals surface area (Å²) < 4.78 is 41.2. The van der Waals surface area contributed by atoms with E-state index in [1.165, 1.54) is 39.9 Å². The lowest BCUT2D eigenvalue weighted by Crippen LogP contribution is -2.31. The predicted molar refractivity (Wildman–Crippen MR) is 109 cm³/mol. The Morgan fingerprint density at radius 1 is 1.00 bits per heavy atom. The van der Waals surface area contributed by atoms with E-state index >= 15 is 0 Å². The molecule has 29 heavy (non-hydrogen) atoms. The first-order chi connectivity index (χ1) is 13.9. The Bertz CT molecular complexity index is 1040. The van der Waals surface area contributed by atoms with Crippen molar-refractivity contribution in [1.29, 1.82) is 0 Å². The number of fused-ring (bicyclic) bond motifs is 3. The van der Waals surface area contributed by atoms with Crippen LogP contribution in [0.4, 0.5) is 13.2 Å². The van der Waals surface area contributed by atoms with Crippen LogP contribution in [0.3, 0.4) is 0 Å². The zero-order chi connectivity index (χ0) is 20.2. The summed E-state index contributed by atoms with van der Waals surface area (Å²) >= 11 is 0. The molecule has 2 heterocycles. The number of hydrogen-bond acceptors (Lipinski definition) is 1. The van der Waals surface area contributed by atoms with Crippen LogP contribution in [0.15, 0.2) is 42.5 Å². The summed E-state index contributed by atoms with van der Waals surface area (Å²) in [6, 6.07) is 12.8. The fourth-order valence-corrected chi connectivity index (χ4v) is 5.22. The van der Waals surface area contributed by atoms with Crippen molar-refractivity contribution in [3.63, 3.8) is 0 Å². The Hall–Kier alpha value is -2.27. The van der Waals surface area contributed by atoms with Gasteiger partial charge >= 0.3 is 6.18 Å². The van der Waals surface area contributed by atoms with Gasteiger partial charge in [0.25, 0.3) is 0 Å². The maximum absolute atomic E-state index is 12.9. The maximum Gasteiger partial charge on any atom is 0.416 e. The molecular weight excluding hydrogens is 373 g/mol. The first-order valence-corrected chi connectivity index (χ1v) is 10.4. The van der Waals surface area contributed by atoms with E-state index in [9.17, 15) is 13.2 Å². The third-order valence-electron chi connectivity index (χ3n) is 6.52. The molecule has 0 saturated carbocycles. The van der Waals surface area contributed by atoms with Crippen molar-refractivity contribution in [3.05, 3.63) is 70.4 Å². The van der Waals surface area contributed by atoms with Crippen LogP contribution < -0.4 is 0 Å². The van der Waals surface area contributed by atoms with Crippen molar-refractivity contribution in [1.82, 2.24) is 9.47 Å². The molecule has 3 aromatic rings. The number of alkyl halides is 3. The van der Waals surface area contributed by atoms with Crippen molar-refractivity contribution < 1.29 is 13.2 Å². The van der Waals surface area contributed by atoms with Gasteiger partial charge in [-0.05, 0) is 68.0 Å². The van der Waals surface area contributed by atoms with E-state index in [4.69, 9.17) is 0 Å². The molecule has 1 aliphatic carbocycles. The first kappa shape index (κ1) is 18.7. The second kappa shape index (κ2) is 6.91. The van der Waals surface area contributed by atoms with Crippen LogP contribution in [0.1, 0.15) is 53.3 Å².